The Bertz CT molecular complexity index is 487. The van der Waals surface area contributed by atoms with E-state index >= 15 is 0 Å². The average molecular weight is 246 g/mol. The molecule has 96 valence electrons. The number of nitrogens with one attached hydrogen (secondary N) is 2. The first-order chi connectivity index (χ1) is 8.55. The van der Waals surface area contributed by atoms with Crippen molar-refractivity contribution in [2.45, 2.75) is 32.0 Å². The summed E-state index contributed by atoms with van der Waals surface area (Å²) in [6.07, 6.45) is 0.0824. The molecule has 1 unspecified atom stereocenters. The molecule has 2 N–H and O–H groups in total. The Morgan fingerprint density at radius 2 is 2.22 bits per heavy atom. The quantitative estimate of drug-likeness (QED) is 0.787. The number of benzene rings is 1. The van der Waals surface area contributed by atoms with Crippen LogP contribution in [0.5, 0.6) is 0 Å². The van der Waals surface area contributed by atoms with Crippen molar-refractivity contribution in [2.75, 3.05) is 13.2 Å². The topological polar surface area (TPSA) is 50.4 Å². The van der Waals surface area contributed by atoms with Crippen molar-refractivity contribution >= 4 is 5.91 Å². The lowest BCUT2D eigenvalue weighted by Crippen LogP contribution is -2.50. The summed E-state index contributed by atoms with van der Waals surface area (Å²) in [4.78, 5) is 11.5. The van der Waals surface area contributed by atoms with E-state index in [2.05, 4.69) is 30.5 Å². The summed E-state index contributed by atoms with van der Waals surface area (Å²) in [6, 6.07) is 5.97. The minimum atomic E-state index is 0.0281. The van der Waals surface area contributed by atoms with Gasteiger partial charge in [0.25, 0.3) is 5.91 Å². The smallest absolute Gasteiger partial charge is 0.251 e. The molecule has 1 amide bonds. The summed E-state index contributed by atoms with van der Waals surface area (Å²) >= 11 is 0. The van der Waals surface area contributed by atoms with E-state index in [1.54, 1.807) is 0 Å². The van der Waals surface area contributed by atoms with Crippen molar-refractivity contribution in [1.29, 1.82) is 0 Å². The predicted octanol–water partition coefficient (Wildman–Crippen LogP) is 1.37. The second kappa shape index (κ2) is 4.07. The summed E-state index contributed by atoms with van der Waals surface area (Å²) in [5.74, 6) is 0.0281. The van der Waals surface area contributed by atoms with Crippen LogP contribution >= 0.6 is 0 Å². The predicted molar refractivity (Wildman–Crippen MR) is 68.4 cm³/mol. The molecule has 0 bridgehead atoms. The van der Waals surface area contributed by atoms with Gasteiger partial charge in [0.05, 0.1) is 12.7 Å². The minimum Gasteiger partial charge on any atom is -0.370 e. The van der Waals surface area contributed by atoms with E-state index in [0.717, 1.165) is 23.2 Å². The van der Waals surface area contributed by atoms with Crippen LogP contribution in [0.4, 0.5) is 0 Å². The first kappa shape index (κ1) is 11.7. The van der Waals surface area contributed by atoms with Crippen LogP contribution in [0.25, 0.3) is 0 Å². The maximum atomic E-state index is 11.5. The fraction of sp³-hybridized carbons (Fsp3) is 0.500. The number of hydrogen-bond acceptors (Lipinski definition) is 3. The number of morpholine rings is 1. The summed E-state index contributed by atoms with van der Waals surface area (Å²) in [5.41, 5.74) is 3.06. The van der Waals surface area contributed by atoms with Crippen LogP contribution in [0.1, 0.15) is 41.4 Å². The number of rotatable bonds is 1. The molecule has 2 aliphatic heterocycles. The average Bonchev–Trinajstić information content (AvgIpc) is 2.71. The highest BCUT2D eigenvalue weighted by Gasteiger charge is 2.28. The first-order valence-corrected chi connectivity index (χ1v) is 6.33. The largest absolute Gasteiger partial charge is 0.370 e. The van der Waals surface area contributed by atoms with E-state index in [1.807, 2.05) is 12.1 Å². The summed E-state index contributed by atoms with van der Waals surface area (Å²) in [6.45, 7) is 6.41. The third kappa shape index (κ3) is 2.02. The normalized spacial score (nSPS) is 25.7. The van der Waals surface area contributed by atoms with Gasteiger partial charge in [0, 0.05) is 24.2 Å². The molecule has 4 heteroatoms. The SMILES string of the molecule is CC1(C)COC(c2ccc3c(c2)CNC3=O)CN1. The van der Waals surface area contributed by atoms with Crippen molar-refractivity contribution in [3.63, 3.8) is 0 Å². The molecular weight excluding hydrogens is 228 g/mol. The third-order valence-electron chi connectivity index (χ3n) is 3.60. The molecule has 0 aliphatic carbocycles. The number of amides is 1. The van der Waals surface area contributed by atoms with Crippen molar-refractivity contribution in [2.24, 2.45) is 0 Å². The summed E-state index contributed by atoms with van der Waals surface area (Å²) in [7, 11) is 0. The van der Waals surface area contributed by atoms with Crippen LogP contribution in [-0.4, -0.2) is 24.6 Å². The fourth-order valence-electron chi connectivity index (χ4n) is 2.45. The second-order valence-electron chi connectivity index (χ2n) is 5.66. The van der Waals surface area contributed by atoms with E-state index in [1.165, 1.54) is 0 Å². The highest BCUT2D eigenvalue weighted by molar-refractivity contribution is 5.98. The zero-order valence-corrected chi connectivity index (χ0v) is 10.7. The number of ether oxygens (including phenoxy) is 1. The van der Waals surface area contributed by atoms with Gasteiger partial charge in [-0.2, -0.15) is 0 Å². The molecule has 1 aromatic carbocycles. The Balaban J connectivity index is 1.80. The molecule has 1 aromatic rings. The summed E-state index contributed by atoms with van der Waals surface area (Å²) < 4.78 is 5.90. The van der Waals surface area contributed by atoms with Gasteiger partial charge in [-0.3, -0.25) is 4.79 Å². The van der Waals surface area contributed by atoms with Crippen molar-refractivity contribution in [3.8, 4) is 0 Å². The molecule has 0 saturated carbocycles. The molecule has 1 saturated heterocycles. The van der Waals surface area contributed by atoms with Crippen LogP contribution in [0, 0.1) is 0 Å². The van der Waals surface area contributed by atoms with Crippen LogP contribution in [0.2, 0.25) is 0 Å². The minimum absolute atomic E-state index is 0.0281. The van der Waals surface area contributed by atoms with Gasteiger partial charge in [0.15, 0.2) is 0 Å². The van der Waals surface area contributed by atoms with E-state index in [9.17, 15) is 4.79 Å². The van der Waals surface area contributed by atoms with E-state index in [0.29, 0.717) is 13.2 Å². The highest BCUT2D eigenvalue weighted by Crippen LogP contribution is 2.26. The van der Waals surface area contributed by atoms with Crippen LogP contribution in [0.15, 0.2) is 18.2 Å². The molecule has 3 rings (SSSR count). The molecule has 2 heterocycles. The van der Waals surface area contributed by atoms with Gasteiger partial charge in [-0.05, 0) is 31.0 Å². The van der Waals surface area contributed by atoms with Gasteiger partial charge in [0.2, 0.25) is 0 Å². The first-order valence-electron chi connectivity index (χ1n) is 6.33. The van der Waals surface area contributed by atoms with Gasteiger partial charge in [-0.15, -0.1) is 0 Å². The number of hydrogen-bond donors (Lipinski definition) is 2. The molecule has 1 atom stereocenters. The number of carbonyl (C=O) groups excluding carboxylic acids is 1. The lowest BCUT2D eigenvalue weighted by molar-refractivity contribution is -0.0229. The maximum absolute atomic E-state index is 11.5. The molecule has 0 spiro atoms. The molecule has 4 nitrogen and oxygen atoms in total. The number of fused-ring (bicyclic) bond motifs is 1. The van der Waals surface area contributed by atoms with Gasteiger partial charge in [-0.25, -0.2) is 0 Å². The van der Waals surface area contributed by atoms with Crippen molar-refractivity contribution in [1.82, 2.24) is 10.6 Å². The van der Waals surface area contributed by atoms with Gasteiger partial charge in [0.1, 0.15) is 0 Å². The zero-order valence-electron chi connectivity index (χ0n) is 10.7. The number of carbonyl (C=O) groups is 1. The standard InChI is InChI=1S/C14H18N2O2/c1-14(2)8-18-12(7-16-14)9-3-4-11-10(5-9)6-15-13(11)17/h3-5,12,16H,6-8H2,1-2H3,(H,15,17). The Labute approximate surface area is 107 Å². The summed E-state index contributed by atoms with van der Waals surface area (Å²) in [5, 5.41) is 6.31. The monoisotopic (exact) mass is 246 g/mol. The van der Waals surface area contributed by atoms with Crippen molar-refractivity contribution in [3.05, 3.63) is 34.9 Å². The Kier molecular flexibility index (Phi) is 2.64. The zero-order chi connectivity index (χ0) is 12.8. The van der Waals surface area contributed by atoms with Gasteiger partial charge >= 0.3 is 0 Å². The molecule has 18 heavy (non-hydrogen) atoms. The second-order valence-corrected chi connectivity index (χ2v) is 5.66. The molecule has 1 fully saturated rings. The molecule has 0 radical (unpaired) electrons. The fourth-order valence-corrected chi connectivity index (χ4v) is 2.45. The van der Waals surface area contributed by atoms with Crippen LogP contribution in [0.3, 0.4) is 0 Å². The molecular formula is C14H18N2O2. The van der Waals surface area contributed by atoms with Crippen LogP contribution in [-0.2, 0) is 11.3 Å². The molecule has 2 aliphatic rings. The lowest BCUT2D eigenvalue weighted by atomic mass is 9.99. The van der Waals surface area contributed by atoms with Crippen molar-refractivity contribution < 1.29 is 9.53 Å². The van der Waals surface area contributed by atoms with Crippen LogP contribution < -0.4 is 10.6 Å². The van der Waals surface area contributed by atoms with Gasteiger partial charge in [-0.1, -0.05) is 12.1 Å². The maximum Gasteiger partial charge on any atom is 0.251 e. The third-order valence-corrected chi connectivity index (χ3v) is 3.60. The van der Waals surface area contributed by atoms with E-state index in [-0.39, 0.29) is 17.6 Å². The Morgan fingerprint density at radius 3 is 2.94 bits per heavy atom. The van der Waals surface area contributed by atoms with E-state index in [4.69, 9.17) is 4.74 Å². The highest BCUT2D eigenvalue weighted by atomic mass is 16.5. The molecule has 0 aromatic heterocycles. The Morgan fingerprint density at radius 1 is 1.39 bits per heavy atom. The Hall–Kier alpha value is -1.39. The van der Waals surface area contributed by atoms with Gasteiger partial charge < -0.3 is 15.4 Å². The van der Waals surface area contributed by atoms with E-state index < -0.39 is 0 Å². The lowest BCUT2D eigenvalue weighted by Gasteiger charge is -2.36.